The third-order valence-electron chi connectivity index (χ3n) is 8.95. The van der Waals surface area contributed by atoms with E-state index in [0.717, 1.165) is 29.5 Å². The minimum absolute atomic E-state index is 0.370. The second-order valence-corrected chi connectivity index (χ2v) is 12.1. The van der Waals surface area contributed by atoms with Gasteiger partial charge in [-0.2, -0.15) is 0 Å². The van der Waals surface area contributed by atoms with Crippen LogP contribution in [0.2, 0.25) is 0 Å². The topological polar surface area (TPSA) is 31.4 Å². The van der Waals surface area contributed by atoms with Gasteiger partial charge in [0, 0.05) is 41.8 Å². The van der Waals surface area contributed by atoms with Gasteiger partial charge in [-0.1, -0.05) is 68.3 Å². The molecule has 4 heteroatoms. The number of hydrogen-bond acceptors (Lipinski definition) is 4. The molecular weight excluding hydrogens is 500 g/mol. The first kappa shape index (κ1) is 33.1. The molecule has 0 spiro atoms. The summed E-state index contributed by atoms with van der Waals surface area (Å²) in [5.41, 5.74) is 8.69. The Kier molecular flexibility index (Phi) is 14.1. The molecule has 2 fully saturated rings. The molecule has 0 amide bonds. The zero-order valence-corrected chi connectivity index (χ0v) is 27.1. The first-order chi connectivity index (χ1) is 19.9. The van der Waals surface area contributed by atoms with Crippen molar-refractivity contribution in [1.82, 2.24) is 20.1 Å². The summed E-state index contributed by atoms with van der Waals surface area (Å²) >= 11 is 0. The minimum atomic E-state index is 0.370. The lowest BCUT2D eigenvalue weighted by Gasteiger charge is -2.40. The summed E-state index contributed by atoms with van der Waals surface area (Å²) in [4.78, 5) is 9.79. The highest BCUT2D eigenvalue weighted by atomic mass is 15.2. The van der Waals surface area contributed by atoms with Gasteiger partial charge in [0.1, 0.15) is 0 Å². The highest BCUT2D eigenvalue weighted by Gasteiger charge is 2.25. The number of piperidine rings is 2. The number of nitrogens with one attached hydrogen (secondary N) is 1. The molecule has 2 saturated heterocycles. The van der Waals surface area contributed by atoms with Gasteiger partial charge in [-0.05, 0) is 122 Å². The largest absolute Gasteiger partial charge is 0.379 e. The van der Waals surface area contributed by atoms with Gasteiger partial charge in [-0.15, -0.1) is 0 Å². The van der Waals surface area contributed by atoms with E-state index in [1.807, 2.05) is 27.0 Å². The van der Waals surface area contributed by atoms with Crippen LogP contribution in [0.5, 0.6) is 0 Å². The Morgan fingerprint density at radius 1 is 0.951 bits per heavy atom. The number of rotatable bonds is 7. The van der Waals surface area contributed by atoms with E-state index in [4.69, 9.17) is 0 Å². The third kappa shape index (κ3) is 10.7. The molecule has 2 aromatic rings. The van der Waals surface area contributed by atoms with Crippen molar-refractivity contribution in [2.75, 3.05) is 26.2 Å². The molecule has 226 valence electrons. The smallest absolute Gasteiger partial charge is 0.0445 e. The summed E-state index contributed by atoms with van der Waals surface area (Å²) in [5, 5.41) is 3.51. The quantitative estimate of drug-likeness (QED) is 0.345. The van der Waals surface area contributed by atoms with Gasteiger partial charge in [-0.3, -0.25) is 9.88 Å². The van der Waals surface area contributed by atoms with Crippen LogP contribution in [0.3, 0.4) is 0 Å². The highest BCUT2D eigenvalue weighted by Crippen LogP contribution is 2.23. The molecule has 0 bridgehead atoms. The van der Waals surface area contributed by atoms with Gasteiger partial charge < -0.3 is 10.2 Å². The number of likely N-dealkylation sites (tertiary alicyclic amines) is 2. The predicted octanol–water partition coefficient (Wildman–Crippen LogP) is 8.62. The first-order valence-electron chi connectivity index (χ1n) is 16.5. The van der Waals surface area contributed by atoms with Crippen molar-refractivity contribution in [2.45, 2.75) is 118 Å². The number of aryl methyl sites for hydroxylation is 3. The van der Waals surface area contributed by atoms with Crippen molar-refractivity contribution in [3.63, 3.8) is 0 Å². The molecule has 1 aromatic heterocycles. The summed E-state index contributed by atoms with van der Waals surface area (Å²) in [6.45, 7) is 23.0. The van der Waals surface area contributed by atoms with Gasteiger partial charge in [-0.25, -0.2) is 0 Å². The fourth-order valence-electron chi connectivity index (χ4n) is 6.18. The van der Waals surface area contributed by atoms with Crippen molar-refractivity contribution < 1.29 is 0 Å². The fraction of sp³-hybridized carbons (Fsp3) is 0.595. The van der Waals surface area contributed by atoms with Crippen molar-refractivity contribution in [2.24, 2.45) is 0 Å². The Morgan fingerprint density at radius 3 is 2.24 bits per heavy atom. The number of hydrogen-bond donors (Lipinski definition) is 1. The van der Waals surface area contributed by atoms with Gasteiger partial charge in [0.15, 0.2) is 0 Å². The molecule has 1 unspecified atom stereocenters. The zero-order chi connectivity index (χ0) is 29.6. The molecule has 2 aliphatic heterocycles. The Balaban J connectivity index is 0.000000213. The zero-order valence-electron chi connectivity index (χ0n) is 27.1. The molecule has 1 aromatic carbocycles. The lowest BCUT2D eigenvalue weighted by Crippen LogP contribution is -2.46. The van der Waals surface area contributed by atoms with Crippen LogP contribution >= 0.6 is 0 Å². The van der Waals surface area contributed by atoms with E-state index in [1.165, 1.54) is 106 Å². The van der Waals surface area contributed by atoms with E-state index in [0.29, 0.717) is 6.04 Å². The van der Waals surface area contributed by atoms with Crippen LogP contribution in [0.4, 0.5) is 0 Å². The molecule has 3 heterocycles. The van der Waals surface area contributed by atoms with Crippen molar-refractivity contribution >= 4 is 5.70 Å². The van der Waals surface area contributed by atoms with Gasteiger partial charge in [0.2, 0.25) is 0 Å². The molecule has 4 nitrogen and oxygen atoms in total. The summed E-state index contributed by atoms with van der Waals surface area (Å²) < 4.78 is 0. The maximum Gasteiger partial charge on any atom is 0.0445 e. The van der Waals surface area contributed by atoms with Crippen LogP contribution in [0, 0.1) is 20.8 Å². The molecular formula is C37H58N4. The van der Waals surface area contributed by atoms with E-state index < -0.39 is 0 Å². The number of aromatic nitrogens is 1. The van der Waals surface area contributed by atoms with E-state index >= 15 is 0 Å². The summed E-state index contributed by atoms with van der Waals surface area (Å²) in [6.07, 6.45) is 16.4. The lowest BCUT2D eigenvalue weighted by molar-refractivity contribution is 0.0896. The Bertz CT molecular complexity index is 1070. The molecule has 0 radical (unpaired) electrons. The number of nitrogens with zero attached hydrogens (tertiary/aromatic N) is 3. The number of benzene rings is 1. The van der Waals surface area contributed by atoms with Crippen LogP contribution in [-0.2, 0) is 6.54 Å². The van der Waals surface area contributed by atoms with E-state index in [1.54, 1.807) is 0 Å². The summed E-state index contributed by atoms with van der Waals surface area (Å²) in [6, 6.07) is 12.4. The molecule has 3 aliphatic rings. The molecule has 5 rings (SSSR count). The maximum atomic E-state index is 4.40. The van der Waals surface area contributed by atoms with Crippen LogP contribution in [0.1, 0.15) is 107 Å². The SMILES string of the molecule is C=C(NC(C)C1=CCCCC1)c1cnc(C)c(C)c1.CC.Cc1ccc(CN2CCC(N3CCCCC3)CC2)cc1. The third-order valence-corrected chi connectivity index (χ3v) is 8.95. The standard InChI is InChI=1S/C18H28N2.C17H24N2.C2H6/c1-16-5-7-17(8-6-16)15-19-13-9-18(10-14-19)20-11-3-2-4-12-20;1-12-10-17(11-18-13(12)2)15(4)19-14(3)16-8-6-5-7-9-16;1-2/h5-8,18H,2-4,9-15H2,1H3;8,10-11,14,19H,4-7,9H2,1-3H3;1-2H3. The fourth-order valence-corrected chi connectivity index (χ4v) is 6.18. The monoisotopic (exact) mass is 558 g/mol. The molecule has 1 atom stereocenters. The van der Waals surface area contributed by atoms with Crippen molar-refractivity contribution in [3.05, 3.63) is 82.7 Å². The van der Waals surface area contributed by atoms with E-state index in [-0.39, 0.29) is 0 Å². The Labute approximate surface area is 252 Å². The maximum absolute atomic E-state index is 4.40. The summed E-state index contributed by atoms with van der Waals surface area (Å²) in [7, 11) is 0. The second-order valence-electron chi connectivity index (χ2n) is 12.1. The van der Waals surface area contributed by atoms with Crippen LogP contribution in [-0.4, -0.2) is 53.0 Å². The van der Waals surface area contributed by atoms with E-state index in [2.05, 4.69) is 83.9 Å². The van der Waals surface area contributed by atoms with E-state index in [9.17, 15) is 0 Å². The average molecular weight is 559 g/mol. The minimum Gasteiger partial charge on any atom is -0.379 e. The van der Waals surface area contributed by atoms with Crippen molar-refractivity contribution in [3.8, 4) is 0 Å². The summed E-state index contributed by atoms with van der Waals surface area (Å²) in [5.74, 6) is 0. The molecule has 41 heavy (non-hydrogen) atoms. The number of allylic oxidation sites excluding steroid dienone is 1. The van der Waals surface area contributed by atoms with Gasteiger partial charge in [0.25, 0.3) is 0 Å². The van der Waals surface area contributed by atoms with Crippen molar-refractivity contribution in [1.29, 1.82) is 0 Å². The normalized spacial score (nSPS) is 19.1. The molecule has 1 N–H and O–H groups in total. The molecule has 1 aliphatic carbocycles. The van der Waals surface area contributed by atoms with Crippen LogP contribution in [0.25, 0.3) is 5.70 Å². The highest BCUT2D eigenvalue weighted by molar-refractivity contribution is 5.62. The predicted molar refractivity (Wildman–Crippen MR) is 178 cm³/mol. The van der Waals surface area contributed by atoms with Gasteiger partial charge >= 0.3 is 0 Å². The first-order valence-corrected chi connectivity index (χ1v) is 16.5. The Morgan fingerprint density at radius 2 is 1.63 bits per heavy atom. The second kappa shape index (κ2) is 17.5. The lowest BCUT2D eigenvalue weighted by atomic mass is 9.94. The average Bonchev–Trinajstić information content (AvgIpc) is 3.02. The number of pyridine rings is 1. The van der Waals surface area contributed by atoms with Crippen LogP contribution < -0.4 is 5.32 Å². The van der Waals surface area contributed by atoms with Crippen LogP contribution in [0.15, 0.2) is 54.8 Å². The Hall–Kier alpha value is -2.43. The van der Waals surface area contributed by atoms with Gasteiger partial charge in [0.05, 0.1) is 0 Å². The molecule has 0 saturated carbocycles.